The minimum atomic E-state index is -0.696. The molecule has 15 aromatic rings. The van der Waals surface area contributed by atoms with Crippen molar-refractivity contribution in [1.29, 1.82) is 5.26 Å². The molecule has 0 saturated carbocycles. The zero-order chi connectivity index (χ0) is 54.2. The van der Waals surface area contributed by atoms with E-state index in [2.05, 4.69) is 291 Å². The van der Waals surface area contributed by atoms with Crippen molar-refractivity contribution >= 4 is 82.5 Å². The fourth-order valence-corrected chi connectivity index (χ4v) is 14.4. The number of benzene rings is 11. The molecule has 2 aliphatic rings. The minimum absolute atomic E-state index is 0.517. The lowest BCUT2D eigenvalue weighted by atomic mass is 9.67. The average Bonchev–Trinajstić information content (AvgIpc) is 3.24. The lowest BCUT2D eigenvalue weighted by Crippen LogP contribution is -2.29. The molecule has 82 heavy (non-hydrogen) atoms. The smallest absolute Gasteiger partial charge is 0.138 e. The molecule has 1 aliphatic heterocycles. The summed E-state index contributed by atoms with van der Waals surface area (Å²) in [7, 11) is 2.17. The van der Waals surface area contributed by atoms with Crippen LogP contribution < -0.4 is 9.80 Å². The number of anilines is 3. The van der Waals surface area contributed by atoms with Gasteiger partial charge < -0.3 is 18.9 Å². The highest BCUT2D eigenvalue weighted by Crippen LogP contribution is 2.57. The van der Waals surface area contributed by atoms with Gasteiger partial charge in [0.25, 0.3) is 0 Å². The number of nitriles is 1. The standard InChI is InChI=1S/C75H49N7/c1-78-47-79(69-37-17-16-36-68(69)78)51-21-18-20-49(43-51)75(61-29-9-2-22-52(61)53-23-3-10-30-62(53)75)50-40-41-59-58-28-8-15-35-67(58)82(72(59)44-50)73-42-48(45-76)60(46-77-73)74-70(80-63-31-11-4-24-54(63)55-25-5-12-32-64(55)80)38-19-39-71(74)81-65-33-13-6-26-56(65)57-27-7-14-34-66(57)81/h2-44,46H,47H2,1H3. The van der Waals surface area contributed by atoms with Gasteiger partial charge in [0.2, 0.25) is 0 Å². The van der Waals surface area contributed by atoms with Crippen LogP contribution in [0.2, 0.25) is 0 Å². The molecule has 4 aromatic heterocycles. The van der Waals surface area contributed by atoms with Crippen LogP contribution in [0.15, 0.2) is 267 Å². The Morgan fingerprint density at radius 3 is 1.40 bits per heavy atom. The molecule has 7 heteroatoms. The van der Waals surface area contributed by atoms with E-state index in [1.165, 1.54) is 39.2 Å². The maximum absolute atomic E-state index is 11.8. The van der Waals surface area contributed by atoms with E-state index in [-0.39, 0.29) is 0 Å². The zero-order valence-corrected chi connectivity index (χ0v) is 44.7. The summed E-state index contributed by atoms with van der Waals surface area (Å²) in [6, 6.07) is 97.2. The number of rotatable bonds is 7. The fraction of sp³-hybridized carbons (Fsp3) is 0.0400. The van der Waals surface area contributed by atoms with Crippen LogP contribution in [0.1, 0.15) is 27.8 Å². The van der Waals surface area contributed by atoms with Gasteiger partial charge in [-0.05, 0) is 112 Å². The van der Waals surface area contributed by atoms with Crippen LogP contribution >= 0.6 is 0 Å². The number of fused-ring (bicyclic) bond motifs is 13. The van der Waals surface area contributed by atoms with E-state index in [0.29, 0.717) is 11.4 Å². The van der Waals surface area contributed by atoms with Gasteiger partial charge in [0.1, 0.15) is 5.82 Å². The number of nitrogens with zero attached hydrogens (tertiary/aromatic N) is 7. The highest BCUT2D eigenvalue weighted by atomic mass is 15.4. The second-order valence-electron chi connectivity index (χ2n) is 21.8. The first-order valence-corrected chi connectivity index (χ1v) is 28.0. The summed E-state index contributed by atoms with van der Waals surface area (Å²) < 4.78 is 7.02. The predicted molar refractivity (Wildman–Crippen MR) is 337 cm³/mol. The maximum Gasteiger partial charge on any atom is 0.138 e. The third kappa shape index (κ3) is 6.32. The van der Waals surface area contributed by atoms with Gasteiger partial charge in [0, 0.05) is 62.4 Å². The molecule has 1 aliphatic carbocycles. The van der Waals surface area contributed by atoms with E-state index in [0.717, 1.165) is 106 Å². The molecule has 0 atom stereocenters. The molecule has 384 valence electrons. The Kier molecular flexibility index (Phi) is 9.84. The molecule has 5 heterocycles. The first-order valence-electron chi connectivity index (χ1n) is 28.0. The molecule has 0 unspecified atom stereocenters. The van der Waals surface area contributed by atoms with E-state index >= 15 is 0 Å². The van der Waals surface area contributed by atoms with E-state index in [1.807, 2.05) is 12.3 Å². The predicted octanol–water partition coefficient (Wildman–Crippen LogP) is 17.8. The van der Waals surface area contributed by atoms with Gasteiger partial charge in [0.15, 0.2) is 0 Å². The topological polar surface area (TPSA) is 58.0 Å². The number of hydrogen-bond acceptors (Lipinski definition) is 4. The highest BCUT2D eigenvalue weighted by molar-refractivity contribution is 6.13. The van der Waals surface area contributed by atoms with Crippen molar-refractivity contribution in [3.63, 3.8) is 0 Å². The van der Waals surface area contributed by atoms with Crippen molar-refractivity contribution in [3.8, 4) is 45.5 Å². The molecule has 0 N–H and O–H groups in total. The molecule has 0 bridgehead atoms. The lowest BCUT2D eigenvalue weighted by Gasteiger charge is -2.35. The summed E-state index contributed by atoms with van der Waals surface area (Å²) >= 11 is 0. The summed E-state index contributed by atoms with van der Waals surface area (Å²) in [5.41, 5.74) is 20.6. The second kappa shape index (κ2) is 17.5. The molecule has 0 saturated heterocycles. The van der Waals surface area contributed by atoms with Gasteiger partial charge in [-0.15, -0.1) is 0 Å². The highest BCUT2D eigenvalue weighted by Gasteiger charge is 2.46. The number of pyridine rings is 1. The van der Waals surface area contributed by atoms with Crippen molar-refractivity contribution in [2.75, 3.05) is 23.5 Å². The van der Waals surface area contributed by atoms with Crippen molar-refractivity contribution < 1.29 is 0 Å². The number of para-hydroxylation sites is 7. The summed E-state index contributed by atoms with van der Waals surface area (Å²) in [5, 5.41) is 18.6. The zero-order valence-electron chi connectivity index (χ0n) is 44.7. The van der Waals surface area contributed by atoms with Crippen LogP contribution in [0.3, 0.4) is 0 Å². The monoisotopic (exact) mass is 1050 g/mol. The van der Waals surface area contributed by atoms with E-state index in [4.69, 9.17) is 4.98 Å². The Labute approximate surface area is 473 Å². The molecule has 0 spiro atoms. The van der Waals surface area contributed by atoms with E-state index in [9.17, 15) is 5.26 Å². The van der Waals surface area contributed by atoms with Crippen molar-refractivity contribution in [3.05, 3.63) is 295 Å². The van der Waals surface area contributed by atoms with Gasteiger partial charge in [-0.2, -0.15) is 5.26 Å². The quantitative estimate of drug-likeness (QED) is 0.160. The van der Waals surface area contributed by atoms with Crippen LogP contribution in [0.4, 0.5) is 17.1 Å². The van der Waals surface area contributed by atoms with Gasteiger partial charge in [-0.25, -0.2) is 4.98 Å². The molecule has 0 amide bonds. The largest absolute Gasteiger partial charge is 0.355 e. The first-order chi connectivity index (χ1) is 40.6. The minimum Gasteiger partial charge on any atom is -0.355 e. The Morgan fingerprint density at radius 1 is 0.390 bits per heavy atom. The summed E-state index contributed by atoms with van der Waals surface area (Å²) in [6.45, 7) is 0.749. The molecule has 11 aromatic carbocycles. The molecule has 7 nitrogen and oxygen atoms in total. The molecule has 0 fully saturated rings. The molecular weight excluding hydrogens is 999 g/mol. The normalized spacial score (nSPS) is 13.4. The summed E-state index contributed by atoms with van der Waals surface area (Å²) in [4.78, 5) is 10.3. The maximum atomic E-state index is 11.8. The van der Waals surface area contributed by atoms with Gasteiger partial charge in [-0.3, -0.25) is 4.57 Å². The summed E-state index contributed by atoms with van der Waals surface area (Å²) in [5.74, 6) is 0.663. The molecule has 17 rings (SSSR count). The third-order valence-electron chi connectivity index (χ3n) is 17.8. The lowest BCUT2D eigenvalue weighted by molar-refractivity contribution is 0.768. The van der Waals surface area contributed by atoms with Crippen LogP contribution in [-0.2, 0) is 5.41 Å². The number of hydrogen-bond donors (Lipinski definition) is 0. The fourth-order valence-electron chi connectivity index (χ4n) is 14.4. The number of aromatic nitrogens is 4. The van der Waals surface area contributed by atoms with Crippen LogP contribution in [0.5, 0.6) is 0 Å². The Hall–Kier alpha value is -10.9. The van der Waals surface area contributed by atoms with Gasteiger partial charge >= 0.3 is 0 Å². The SMILES string of the molecule is CN1CN(c2cccc(C3(c4ccc5c6ccccc6n(-c6cc(C#N)c(-c7c(-n8c9ccccc9c9ccccc98)cccc7-n7c8ccccc8c8ccccc87)cn6)c5c4)c4ccccc4-c4ccccc43)c2)c2ccccc21. The van der Waals surface area contributed by atoms with Crippen molar-refractivity contribution in [2.24, 2.45) is 0 Å². The van der Waals surface area contributed by atoms with E-state index < -0.39 is 5.41 Å². The van der Waals surface area contributed by atoms with Crippen LogP contribution in [0, 0.1) is 11.3 Å². The average molecular weight is 1050 g/mol. The summed E-state index contributed by atoms with van der Waals surface area (Å²) in [6.07, 6.45) is 1.95. The molecular formula is C75H49N7. The van der Waals surface area contributed by atoms with Crippen molar-refractivity contribution in [1.82, 2.24) is 18.7 Å². The van der Waals surface area contributed by atoms with Crippen LogP contribution in [-0.4, -0.2) is 32.4 Å². The van der Waals surface area contributed by atoms with Gasteiger partial charge in [0.05, 0.1) is 79.6 Å². The Balaban J connectivity index is 0.914. The second-order valence-corrected chi connectivity index (χ2v) is 21.8. The van der Waals surface area contributed by atoms with Crippen LogP contribution in [0.25, 0.3) is 105 Å². The Bertz CT molecular complexity index is 4940. The van der Waals surface area contributed by atoms with E-state index in [1.54, 1.807) is 0 Å². The Morgan fingerprint density at radius 2 is 0.841 bits per heavy atom. The van der Waals surface area contributed by atoms with Gasteiger partial charge in [-0.1, -0.05) is 182 Å². The molecule has 0 radical (unpaired) electrons. The first kappa shape index (κ1) is 46.0. The third-order valence-corrected chi connectivity index (χ3v) is 17.8. The van der Waals surface area contributed by atoms with Crippen molar-refractivity contribution in [2.45, 2.75) is 5.41 Å².